The number of urea groups is 1. The molecule has 0 spiro atoms. The lowest BCUT2D eigenvalue weighted by molar-refractivity contribution is 0.240. The van der Waals surface area contributed by atoms with E-state index in [-0.39, 0.29) is 6.03 Å². The molecule has 2 aromatic carbocycles. The maximum absolute atomic E-state index is 11.9. The van der Waals surface area contributed by atoms with Crippen LogP contribution >= 0.6 is 0 Å². The Morgan fingerprint density at radius 3 is 1.50 bits per heavy atom. The zero-order valence-corrected chi connectivity index (χ0v) is 13.3. The van der Waals surface area contributed by atoms with Crippen molar-refractivity contribution in [2.75, 3.05) is 13.1 Å². The van der Waals surface area contributed by atoms with Crippen molar-refractivity contribution in [2.24, 2.45) is 0 Å². The Bertz CT molecular complexity index is 517. The molecular formula is C19H24N2O. The van der Waals surface area contributed by atoms with Gasteiger partial charge in [-0.1, -0.05) is 74.5 Å². The second-order valence-corrected chi connectivity index (χ2v) is 5.71. The summed E-state index contributed by atoms with van der Waals surface area (Å²) < 4.78 is 0. The van der Waals surface area contributed by atoms with Gasteiger partial charge in [0.2, 0.25) is 0 Å². The first-order valence-electron chi connectivity index (χ1n) is 7.78. The van der Waals surface area contributed by atoms with E-state index in [1.165, 1.54) is 11.1 Å². The Morgan fingerprint density at radius 1 is 0.773 bits per heavy atom. The average molecular weight is 296 g/mol. The summed E-state index contributed by atoms with van der Waals surface area (Å²) in [5.41, 5.74) is 2.47. The quantitative estimate of drug-likeness (QED) is 0.834. The SMILES string of the molecule is C[C@H](CNC(=O)NC[C@H](C)c1ccccc1)c1ccccc1. The number of hydrogen-bond donors (Lipinski definition) is 2. The van der Waals surface area contributed by atoms with Gasteiger partial charge in [-0.15, -0.1) is 0 Å². The summed E-state index contributed by atoms with van der Waals surface area (Å²) in [6, 6.07) is 20.3. The molecule has 0 bridgehead atoms. The molecule has 0 heterocycles. The molecule has 2 N–H and O–H groups in total. The molecule has 0 unspecified atom stereocenters. The standard InChI is InChI=1S/C19H24N2O/c1-15(17-9-5-3-6-10-17)13-20-19(22)21-14-16(2)18-11-7-4-8-12-18/h3-12,15-16H,13-14H2,1-2H3,(H2,20,21,22)/t15-,16+. The van der Waals surface area contributed by atoms with Gasteiger partial charge < -0.3 is 10.6 Å². The highest BCUT2D eigenvalue weighted by atomic mass is 16.2. The lowest BCUT2D eigenvalue weighted by atomic mass is 10.0. The Kier molecular flexibility index (Phi) is 6.01. The van der Waals surface area contributed by atoms with Gasteiger partial charge in [0.15, 0.2) is 0 Å². The van der Waals surface area contributed by atoms with Gasteiger partial charge in [-0.3, -0.25) is 0 Å². The highest BCUT2D eigenvalue weighted by Gasteiger charge is 2.09. The van der Waals surface area contributed by atoms with E-state index in [4.69, 9.17) is 0 Å². The van der Waals surface area contributed by atoms with Crippen LogP contribution in [-0.4, -0.2) is 19.1 Å². The molecule has 0 saturated heterocycles. The van der Waals surface area contributed by atoms with Gasteiger partial charge in [-0.25, -0.2) is 4.79 Å². The molecule has 0 aliphatic heterocycles. The molecule has 0 saturated carbocycles. The van der Waals surface area contributed by atoms with Crippen LogP contribution in [0.15, 0.2) is 60.7 Å². The van der Waals surface area contributed by atoms with Crippen LogP contribution in [-0.2, 0) is 0 Å². The third-order valence-corrected chi connectivity index (χ3v) is 3.87. The fourth-order valence-corrected chi connectivity index (χ4v) is 2.35. The summed E-state index contributed by atoms with van der Waals surface area (Å²) in [7, 11) is 0. The number of benzene rings is 2. The highest BCUT2D eigenvalue weighted by Crippen LogP contribution is 2.14. The van der Waals surface area contributed by atoms with Gasteiger partial charge >= 0.3 is 6.03 Å². The van der Waals surface area contributed by atoms with Crippen molar-refractivity contribution in [2.45, 2.75) is 25.7 Å². The summed E-state index contributed by atoms with van der Waals surface area (Å²) in [5, 5.41) is 5.88. The third kappa shape index (κ3) is 4.92. The second kappa shape index (κ2) is 8.23. The third-order valence-electron chi connectivity index (χ3n) is 3.87. The first-order chi connectivity index (χ1) is 10.7. The van der Waals surface area contributed by atoms with Crippen LogP contribution in [0, 0.1) is 0 Å². The minimum atomic E-state index is -0.106. The molecule has 2 amide bonds. The maximum atomic E-state index is 11.9. The second-order valence-electron chi connectivity index (χ2n) is 5.71. The van der Waals surface area contributed by atoms with Gasteiger partial charge in [0, 0.05) is 13.1 Å². The molecule has 22 heavy (non-hydrogen) atoms. The topological polar surface area (TPSA) is 41.1 Å². The first kappa shape index (κ1) is 16.1. The lowest BCUT2D eigenvalue weighted by Crippen LogP contribution is -2.39. The van der Waals surface area contributed by atoms with Gasteiger partial charge in [0.25, 0.3) is 0 Å². The summed E-state index contributed by atoms with van der Waals surface area (Å²) in [6.07, 6.45) is 0. The number of rotatable bonds is 6. The predicted molar refractivity (Wildman–Crippen MR) is 91.1 cm³/mol. The molecule has 2 aromatic rings. The van der Waals surface area contributed by atoms with Gasteiger partial charge in [0.05, 0.1) is 0 Å². The molecule has 3 nitrogen and oxygen atoms in total. The number of carbonyl (C=O) groups is 1. The zero-order chi connectivity index (χ0) is 15.8. The summed E-state index contributed by atoms with van der Waals surface area (Å²) in [6.45, 7) is 5.50. The van der Waals surface area contributed by atoms with Crippen LogP contribution < -0.4 is 10.6 Å². The Labute approximate surface area is 132 Å². The van der Waals surface area contributed by atoms with Crippen molar-refractivity contribution in [1.29, 1.82) is 0 Å². The summed E-state index contributed by atoms with van der Waals surface area (Å²) in [4.78, 5) is 11.9. The molecule has 0 fully saturated rings. The maximum Gasteiger partial charge on any atom is 0.314 e. The minimum Gasteiger partial charge on any atom is -0.338 e. The number of hydrogen-bond acceptors (Lipinski definition) is 1. The van der Waals surface area contributed by atoms with Crippen molar-refractivity contribution < 1.29 is 4.79 Å². The van der Waals surface area contributed by atoms with Gasteiger partial charge in [-0.2, -0.15) is 0 Å². The van der Waals surface area contributed by atoms with Crippen LogP contribution in [0.25, 0.3) is 0 Å². The fourth-order valence-electron chi connectivity index (χ4n) is 2.35. The molecule has 116 valence electrons. The van der Waals surface area contributed by atoms with E-state index < -0.39 is 0 Å². The van der Waals surface area contributed by atoms with Gasteiger partial charge in [0.1, 0.15) is 0 Å². The Hall–Kier alpha value is -2.29. The van der Waals surface area contributed by atoms with Gasteiger partial charge in [-0.05, 0) is 23.0 Å². The molecular weight excluding hydrogens is 272 g/mol. The number of nitrogens with one attached hydrogen (secondary N) is 2. The highest BCUT2D eigenvalue weighted by molar-refractivity contribution is 5.73. The predicted octanol–water partition coefficient (Wildman–Crippen LogP) is 3.89. The normalized spacial score (nSPS) is 13.2. The number of carbonyl (C=O) groups excluding carboxylic acids is 1. The van der Waals surface area contributed by atoms with E-state index in [1.807, 2.05) is 36.4 Å². The zero-order valence-electron chi connectivity index (χ0n) is 13.3. The van der Waals surface area contributed by atoms with Crippen molar-refractivity contribution in [1.82, 2.24) is 10.6 Å². The molecule has 0 radical (unpaired) electrons. The van der Waals surface area contributed by atoms with Crippen LogP contribution in [0.4, 0.5) is 4.79 Å². The van der Waals surface area contributed by atoms with E-state index >= 15 is 0 Å². The monoisotopic (exact) mass is 296 g/mol. The molecule has 0 aromatic heterocycles. The smallest absolute Gasteiger partial charge is 0.314 e. The molecule has 0 aliphatic rings. The Balaban J connectivity index is 1.72. The van der Waals surface area contributed by atoms with E-state index in [0.29, 0.717) is 24.9 Å². The van der Waals surface area contributed by atoms with Crippen LogP contribution in [0.3, 0.4) is 0 Å². The molecule has 0 aliphatic carbocycles. The minimum absolute atomic E-state index is 0.106. The average Bonchev–Trinajstić information content (AvgIpc) is 2.59. The van der Waals surface area contributed by atoms with Crippen molar-refractivity contribution in [3.8, 4) is 0 Å². The van der Waals surface area contributed by atoms with E-state index in [1.54, 1.807) is 0 Å². The van der Waals surface area contributed by atoms with Crippen LogP contribution in [0.1, 0.15) is 36.8 Å². The van der Waals surface area contributed by atoms with E-state index in [2.05, 4.69) is 48.7 Å². The molecule has 3 heteroatoms. The van der Waals surface area contributed by atoms with Crippen LogP contribution in [0.5, 0.6) is 0 Å². The van der Waals surface area contributed by atoms with Crippen molar-refractivity contribution in [3.63, 3.8) is 0 Å². The Morgan fingerprint density at radius 2 is 1.14 bits per heavy atom. The van der Waals surface area contributed by atoms with Crippen molar-refractivity contribution in [3.05, 3.63) is 71.8 Å². The molecule has 2 rings (SSSR count). The van der Waals surface area contributed by atoms with Crippen molar-refractivity contribution >= 4 is 6.03 Å². The van der Waals surface area contributed by atoms with E-state index in [0.717, 1.165) is 0 Å². The lowest BCUT2D eigenvalue weighted by Gasteiger charge is -2.16. The summed E-state index contributed by atoms with van der Waals surface area (Å²) >= 11 is 0. The largest absolute Gasteiger partial charge is 0.338 e. The molecule has 2 atom stereocenters. The summed E-state index contributed by atoms with van der Waals surface area (Å²) in [5.74, 6) is 0.608. The van der Waals surface area contributed by atoms with E-state index in [9.17, 15) is 4.79 Å². The van der Waals surface area contributed by atoms with Crippen LogP contribution in [0.2, 0.25) is 0 Å². The fraction of sp³-hybridized carbons (Fsp3) is 0.316. The number of amides is 2. The first-order valence-corrected chi connectivity index (χ1v) is 7.78.